The lowest BCUT2D eigenvalue weighted by molar-refractivity contribution is -0.0101. The van der Waals surface area contributed by atoms with Gasteiger partial charge in [-0.25, -0.2) is 0 Å². The molecule has 2 nitrogen and oxygen atoms in total. The Kier molecular flexibility index (Phi) is 6.97. The summed E-state index contributed by atoms with van der Waals surface area (Å²) in [4.78, 5) is 5.77. The molecule has 21 heavy (non-hydrogen) atoms. The Labute approximate surface area is 134 Å². The molecule has 0 aromatic rings. The molecule has 2 fully saturated rings. The fraction of sp³-hybridized carbons (Fsp3) is 0.889. The van der Waals surface area contributed by atoms with E-state index in [4.69, 9.17) is 0 Å². The molecule has 0 saturated carbocycles. The summed E-state index contributed by atoms with van der Waals surface area (Å²) in [5.74, 6) is 0. The van der Waals surface area contributed by atoms with Crippen molar-refractivity contribution < 1.29 is 0 Å². The maximum atomic E-state index is 4.08. The Balaban J connectivity index is 2.22. The van der Waals surface area contributed by atoms with Gasteiger partial charge >= 0.3 is 0 Å². The van der Waals surface area contributed by atoms with E-state index in [0.29, 0.717) is 5.29 Å². The van der Waals surface area contributed by atoms with E-state index in [1.54, 1.807) is 0 Å². The van der Waals surface area contributed by atoms with Gasteiger partial charge in [-0.15, -0.1) is 6.58 Å². The van der Waals surface area contributed by atoms with E-state index in [1.807, 2.05) is 0 Å². The van der Waals surface area contributed by atoms with E-state index in [0.717, 1.165) is 0 Å². The van der Waals surface area contributed by atoms with Crippen LogP contribution in [0.5, 0.6) is 0 Å². The monoisotopic (exact) mass is 308 g/mol. The van der Waals surface area contributed by atoms with Gasteiger partial charge < -0.3 is 0 Å². The van der Waals surface area contributed by atoms with Crippen LogP contribution in [0.15, 0.2) is 12.7 Å². The smallest absolute Gasteiger partial charge is 0.0826 e. The average molecular weight is 309 g/mol. The van der Waals surface area contributed by atoms with Gasteiger partial charge in [0.1, 0.15) is 0 Å². The van der Waals surface area contributed by atoms with Gasteiger partial charge in [0.15, 0.2) is 0 Å². The normalized spacial score (nSPS) is 23.9. The minimum absolute atomic E-state index is 0.394. The van der Waals surface area contributed by atoms with E-state index in [9.17, 15) is 0 Å². The number of nitrogens with zero attached hydrogens (tertiary/aromatic N) is 2. The van der Waals surface area contributed by atoms with Crippen LogP contribution in [-0.2, 0) is 0 Å². The van der Waals surface area contributed by atoms with Crippen molar-refractivity contribution in [3.63, 3.8) is 0 Å². The number of hydrogen-bond donors (Lipinski definition) is 0. The molecule has 0 aromatic carbocycles. The first kappa shape index (κ1) is 17.2. The first-order chi connectivity index (χ1) is 10.2. The summed E-state index contributed by atoms with van der Waals surface area (Å²) < 4.78 is 0. The molecule has 0 bridgehead atoms. The molecule has 2 aliphatic heterocycles. The maximum Gasteiger partial charge on any atom is 0.0826 e. The summed E-state index contributed by atoms with van der Waals surface area (Å²) in [6, 6.07) is 2.77. The van der Waals surface area contributed by atoms with Gasteiger partial charge in [-0.1, -0.05) is 38.3 Å². The van der Waals surface area contributed by atoms with E-state index in [2.05, 4.69) is 36.3 Å². The molecule has 0 aliphatic carbocycles. The highest BCUT2D eigenvalue weighted by Crippen LogP contribution is 2.33. The molecule has 0 radical (unpaired) electrons. The lowest BCUT2D eigenvalue weighted by Gasteiger charge is -2.55. The highest BCUT2D eigenvalue weighted by atomic mass is 28.3. The molecule has 1 atom stereocenters. The SMILES string of the molecule is C=CC[SiH](CCC)C(C)(N1CCCCC1)N1CCCCC1. The molecular formula is C18H36N2Si. The van der Waals surface area contributed by atoms with E-state index >= 15 is 0 Å². The Morgan fingerprint density at radius 1 is 0.952 bits per heavy atom. The van der Waals surface area contributed by atoms with Gasteiger partial charge in [-0.3, -0.25) is 9.80 Å². The topological polar surface area (TPSA) is 6.48 Å². The van der Waals surface area contributed by atoms with Crippen molar-refractivity contribution in [2.75, 3.05) is 26.2 Å². The highest BCUT2D eigenvalue weighted by Gasteiger charge is 2.44. The van der Waals surface area contributed by atoms with Gasteiger partial charge in [-0.05, 0) is 64.8 Å². The summed E-state index contributed by atoms with van der Waals surface area (Å²) in [5, 5.41) is 0.394. The average Bonchev–Trinajstić information content (AvgIpc) is 2.55. The number of likely N-dealkylation sites (tertiary alicyclic amines) is 2. The molecule has 2 heterocycles. The molecule has 0 N–H and O–H groups in total. The number of rotatable bonds is 7. The quantitative estimate of drug-likeness (QED) is 0.517. The summed E-state index contributed by atoms with van der Waals surface area (Å²) in [6.45, 7) is 14.4. The van der Waals surface area contributed by atoms with Gasteiger partial charge in [0.2, 0.25) is 0 Å². The predicted molar refractivity (Wildman–Crippen MR) is 96.5 cm³/mol. The van der Waals surface area contributed by atoms with E-state index in [1.165, 1.54) is 83.2 Å². The van der Waals surface area contributed by atoms with Crippen molar-refractivity contribution in [2.45, 2.75) is 76.2 Å². The van der Waals surface area contributed by atoms with Crippen LogP contribution in [-0.4, -0.2) is 50.1 Å². The zero-order chi connectivity index (χ0) is 15.1. The number of allylic oxidation sites excluding steroid dienone is 1. The van der Waals surface area contributed by atoms with Gasteiger partial charge in [-0.2, -0.15) is 0 Å². The van der Waals surface area contributed by atoms with Crippen LogP contribution in [0, 0.1) is 0 Å². The van der Waals surface area contributed by atoms with Crippen LogP contribution in [0.1, 0.15) is 58.8 Å². The van der Waals surface area contributed by atoms with Gasteiger partial charge in [0, 0.05) is 0 Å². The second kappa shape index (κ2) is 8.49. The van der Waals surface area contributed by atoms with Crippen molar-refractivity contribution in [3.05, 3.63) is 12.7 Å². The zero-order valence-electron chi connectivity index (χ0n) is 14.4. The predicted octanol–water partition coefficient (Wildman–Crippen LogP) is 4.04. The van der Waals surface area contributed by atoms with Crippen molar-refractivity contribution in [1.29, 1.82) is 0 Å². The molecule has 2 rings (SSSR count). The Hall–Kier alpha value is -0.123. The van der Waals surface area contributed by atoms with Gasteiger partial charge in [0.05, 0.1) is 14.1 Å². The van der Waals surface area contributed by atoms with Crippen molar-refractivity contribution in [1.82, 2.24) is 9.80 Å². The Bertz CT molecular complexity index is 288. The summed E-state index contributed by atoms with van der Waals surface area (Å²) in [5.41, 5.74) is 0. The minimum atomic E-state index is -0.876. The molecule has 0 aromatic heterocycles. The van der Waals surface area contributed by atoms with E-state index in [-0.39, 0.29) is 0 Å². The van der Waals surface area contributed by atoms with Crippen LogP contribution in [0.3, 0.4) is 0 Å². The highest BCUT2D eigenvalue weighted by molar-refractivity contribution is 6.62. The first-order valence-corrected chi connectivity index (χ1v) is 11.6. The molecule has 2 saturated heterocycles. The van der Waals surface area contributed by atoms with Crippen LogP contribution in [0.25, 0.3) is 0 Å². The molecule has 122 valence electrons. The van der Waals surface area contributed by atoms with Crippen molar-refractivity contribution in [2.24, 2.45) is 0 Å². The van der Waals surface area contributed by atoms with Crippen LogP contribution >= 0.6 is 0 Å². The molecule has 0 spiro atoms. The second-order valence-corrected chi connectivity index (χ2v) is 10.7. The zero-order valence-corrected chi connectivity index (χ0v) is 15.6. The van der Waals surface area contributed by atoms with Crippen molar-refractivity contribution >= 4 is 8.80 Å². The first-order valence-electron chi connectivity index (χ1n) is 9.34. The van der Waals surface area contributed by atoms with Crippen LogP contribution in [0.4, 0.5) is 0 Å². The minimum Gasteiger partial charge on any atom is -0.289 e. The lowest BCUT2D eigenvalue weighted by atomic mass is 10.1. The van der Waals surface area contributed by atoms with Gasteiger partial charge in [0.25, 0.3) is 0 Å². The molecule has 0 amide bonds. The third kappa shape index (κ3) is 3.99. The molecule has 3 heteroatoms. The third-order valence-electron chi connectivity index (χ3n) is 5.85. The lowest BCUT2D eigenvalue weighted by Crippen LogP contribution is -2.68. The molecule has 2 aliphatic rings. The summed E-state index contributed by atoms with van der Waals surface area (Å²) in [6.07, 6.45) is 12.1. The third-order valence-corrected chi connectivity index (χ3v) is 10.3. The van der Waals surface area contributed by atoms with E-state index < -0.39 is 8.80 Å². The second-order valence-electron chi connectivity index (χ2n) is 7.20. The molecular weight excluding hydrogens is 272 g/mol. The standard InChI is InChI=1S/C18H36N2Si/c1-4-16-21(17-5-2)18(3,19-12-8-6-9-13-19)20-14-10-7-11-15-20/h4,21H,1,5-17H2,2-3H3. The Morgan fingerprint density at radius 2 is 1.43 bits per heavy atom. The summed E-state index contributed by atoms with van der Waals surface area (Å²) in [7, 11) is -0.876. The summed E-state index contributed by atoms with van der Waals surface area (Å²) >= 11 is 0. The number of piperidine rings is 2. The largest absolute Gasteiger partial charge is 0.289 e. The fourth-order valence-corrected chi connectivity index (χ4v) is 8.45. The number of hydrogen-bond acceptors (Lipinski definition) is 2. The van der Waals surface area contributed by atoms with Crippen LogP contribution < -0.4 is 0 Å². The van der Waals surface area contributed by atoms with Crippen molar-refractivity contribution in [3.8, 4) is 0 Å². The Morgan fingerprint density at radius 3 is 1.81 bits per heavy atom. The fourth-order valence-electron chi connectivity index (χ4n) is 4.57. The van der Waals surface area contributed by atoms with Crippen LogP contribution in [0.2, 0.25) is 12.1 Å². The maximum absolute atomic E-state index is 4.08. The molecule has 1 unspecified atom stereocenters.